The normalized spacial score (nSPS) is 17.6. The molecule has 1 saturated heterocycles. The molecular weight excluding hydrogens is 352 g/mol. The molecule has 4 rings (SSSR count). The van der Waals surface area contributed by atoms with Crippen molar-refractivity contribution in [3.05, 3.63) is 64.3 Å². The Bertz CT molecular complexity index is 1040. The molecule has 6 nitrogen and oxygen atoms in total. The summed E-state index contributed by atoms with van der Waals surface area (Å²) in [6.07, 6.45) is 8.13. The predicted molar refractivity (Wildman–Crippen MR) is 109 cm³/mol. The number of rotatable bonds is 4. The first-order chi connectivity index (χ1) is 13.6. The van der Waals surface area contributed by atoms with E-state index in [1.165, 1.54) is 17.0 Å². The monoisotopic (exact) mass is 378 g/mol. The largest absolute Gasteiger partial charge is 0.337 e. The minimum atomic E-state index is -0.238. The SMILES string of the molecule is CCn1ccc2cc(CC3CCCN(C(=O)c4cccc(=O)[nH]4)CC3)cnc21. The Morgan fingerprint density at radius 2 is 2.14 bits per heavy atom. The number of pyridine rings is 2. The minimum Gasteiger partial charge on any atom is -0.337 e. The van der Waals surface area contributed by atoms with E-state index in [0.717, 1.165) is 51.0 Å². The van der Waals surface area contributed by atoms with Gasteiger partial charge in [0.05, 0.1) is 0 Å². The topological polar surface area (TPSA) is 71.0 Å². The van der Waals surface area contributed by atoms with Gasteiger partial charge in [0.25, 0.3) is 5.91 Å². The number of nitrogens with one attached hydrogen (secondary N) is 1. The molecule has 0 saturated carbocycles. The van der Waals surface area contributed by atoms with Gasteiger partial charge in [0.1, 0.15) is 11.3 Å². The molecule has 0 bridgehead atoms. The maximum Gasteiger partial charge on any atom is 0.270 e. The van der Waals surface area contributed by atoms with Crippen LogP contribution in [0.25, 0.3) is 11.0 Å². The fourth-order valence-electron chi connectivity index (χ4n) is 4.14. The lowest BCUT2D eigenvalue weighted by Gasteiger charge is -2.20. The van der Waals surface area contributed by atoms with Gasteiger partial charge in [0.2, 0.25) is 5.56 Å². The van der Waals surface area contributed by atoms with E-state index in [2.05, 4.69) is 39.8 Å². The molecule has 1 fully saturated rings. The van der Waals surface area contributed by atoms with Gasteiger partial charge in [-0.2, -0.15) is 0 Å². The van der Waals surface area contributed by atoms with Crippen LogP contribution in [0.3, 0.4) is 0 Å². The fourth-order valence-corrected chi connectivity index (χ4v) is 4.14. The average molecular weight is 378 g/mol. The fraction of sp³-hybridized carbons (Fsp3) is 0.409. The third-order valence-electron chi connectivity index (χ3n) is 5.66. The maximum atomic E-state index is 12.7. The molecule has 146 valence electrons. The number of hydrogen-bond acceptors (Lipinski definition) is 3. The van der Waals surface area contributed by atoms with Gasteiger partial charge in [0, 0.05) is 43.5 Å². The van der Waals surface area contributed by atoms with Crippen LogP contribution in [0.1, 0.15) is 42.2 Å². The van der Waals surface area contributed by atoms with Gasteiger partial charge >= 0.3 is 0 Å². The molecule has 1 atom stereocenters. The number of aromatic nitrogens is 3. The van der Waals surface area contributed by atoms with Gasteiger partial charge in [-0.1, -0.05) is 6.07 Å². The highest BCUT2D eigenvalue weighted by molar-refractivity contribution is 5.92. The van der Waals surface area contributed by atoms with Gasteiger partial charge in [0.15, 0.2) is 0 Å². The summed E-state index contributed by atoms with van der Waals surface area (Å²) in [4.78, 5) is 33.3. The Morgan fingerprint density at radius 3 is 2.96 bits per heavy atom. The lowest BCUT2D eigenvalue weighted by Crippen LogP contribution is -2.33. The highest BCUT2D eigenvalue weighted by atomic mass is 16.2. The molecule has 3 aromatic rings. The number of nitrogens with zero attached hydrogens (tertiary/aromatic N) is 3. The Labute approximate surface area is 164 Å². The smallest absolute Gasteiger partial charge is 0.270 e. The number of aryl methyl sites for hydroxylation is 1. The van der Waals surface area contributed by atoms with E-state index in [1.54, 1.807) is 12.1 Å². The number of H-pyrrole nitrogens is 1. The molecule has 1 aliphatic heterocycles. The Kier molecular flexibility index (Phi) is 5.28. The van der Waals surface area contributed by atoms with Crippen molar-refractivity contribution in [2.24, 2.45) is 5.92 Å². The predicted octanol–water partition coefficient (Wildman–Crippen LogP) is 3.23. The van der Waals surface area contributed by atoms with Crippen LogP contribution in [0.15, 0.2) is 47.5 Å². The lowest BCUT2D eigenvalue weighted by atomic mass is 9.93. The van der Waals surface area contributed by atoms with Crippen LogP contribution < -0.4 is 5.56 Å². The van der Waals surface area contributed by atoms with Crippen LogP contribution in [0.5, 0.6) is 0 Å². The van der Waals surface area contributed by atoms with Gasteiger partial charge in [-0.25, -0.2) is 4.98 Å². The molecule has 0 spiro atoms. The highest BCUT2D eigenvalue weighted by Gasteiger charge is 2.22. The maximum absolute atomic E-state index is 12.7. The molecule has 6 heteroatoms. The van der Waals surface area contributed by atoms with E-state index in [0.29, 0.717) is 11.6 Å². The zero-order valence-electron chi connectivity index (χ0n) is 16.2. The van der Waals surface area contributed by atoms with Crippen molar-refractivity contribution in [1.29, 1.82) is 0 Å². The molecular formula is C22H26N4O2. The molecule has 0 aromatic carbocycles. The van der Waals surface area contributed by atoms with E-state index in [9.17, 15) is 9.59 Å². The first kappa shape index (κ1) is 18.5. The Hall–Kier alpha value is -2.89. The van der Waals surface area contributed by atoms with Crippen molar-refractivity contribution in [3.63, 3.8) is 0 Å². The number of carbonyl (C=O) groups is 1. The van der Waals surface area contributed by atoms with E-state index < -0.39 is 0 Å². The van der Waals surface area contributed by atoms with Gasteiger partial charge in [-0.3, -0.25) is 9.59 Å². The van der Waals surface area contributed by atoms with Crippen molar-refractivity contribution in [3.8, 4) is 0 Å². The summed E-state index contributed by atoms with van der Waals surface area (Å²) in [7, 11) is 0. The van der Waals surface area contributed by atoms with Crippen molar-refractivity contribution in [1.82, 2.24) is 19.4 Å². The van der Waals surface area contributed by atoms with E-state index in [1.807, 2.05) is 11.1 Å². The Balaban J connectivity index is 1.41. The summed E-state index contributed by atoms with van der Waals surface area (Å²) in [5.74, 6) is 0.461. The summed E-state index contributed by atoms with van der Waals surface area (Å²) in [6.45, 7) is 4.51. The molecule has 0 aliphatic carbocycles. The first-order valence-electron chi connectivity index (χ1n) is 10.1. The van der Waals surface area contributed by atoms with Crippen LogP contribution in [0.4, 0.5) is 0 Å². The van der Waals surface area contributed by atoms with Gasteiger partial charge in [-0.15, -0.1) is 0 Å². The summed E-state index contributed by atoms with van der Waals surface area (Å²) >= 11 is 0. The number of aromatic amines is 1. The second-order valence-corrected chi connectivity index (χ2v) is 7.58. The van der Waals surface area contributed by atoms with E-state index >= 15 is 0 Å². The molecule has 0 radical (unpaired) electrons. The molecule has 4 heterocycles. The molecule has 1 aliphatic rings. The number of hydrogen-bond donors (Lipinski definition) is 1. The summed E-state index contributed by atoms with van der Waals surface area (Å²) in [5.41, 5.74) is 2.44. The first-order valence-corrected chi connectivity index (χ1v) is 10.1. The van der Waals surface area contributed by atoms with Crippen LogP contribution >= 0.6 is 0 Å². The van der Waals surface area contributed by atoms with Gasteiger partial charge < -0.3 is 14.5 Å². The summed E-state index contributed by atoms with van der Waals surface area (Å²) in [6, 6.07) is 9.10. The van der Waals surface area contributed by atoms with E-state index in [-0.39, 0.29) is 11.5 Å². The summed E-state index contributed by atoms with van der Waals surface area (Å²) < 4.78 is 2.15. The molecule has 1 amide bonds. The van der Waals surface area contributed by atoms with E-state index in [4.69, 9.17) is 0 Å². The number of amides is 1. The van der Waals surface area contributed by atoms with Crippen LogP contribution in [0.2, 0.25) is 0 Å². The van der Waals surface area contributed by atoms with Crippen LogP contribution in [-0.2, 0) is 13.0 Å². The van der Waals surface area contributed by atoms with Crippen molar-refractivity contribution >= 4 is 16.9 Å². The zero-order chi connectivity index (χ0) is 19.5. The zero-order valence-corrected chi connectivity index (χ0v) is 16.2. The second-order valence-electron chi connectivity index (χ2n) is 7.58. The van der Waals surface area contributed by atoms with Crippen molar-refractivity contribution in [2.45, 2.75) is 39.2 Å². The van der Waals surface area contributed by atoms with Crippen LogP contribution in [0, 0.1) is 5.92 Å². The third kappa shape index (κ3) is 3.86. The summed E-state index contributed by atoms with van der Waals surface area (Å²) in [5, 5.41) is 1.19. The van der Waals surface area contributed by atoms with Gasteiger partial charge in [-0.05, 0) is 62.3 Å². The standard InChI is InChI=1S/C22H26N4O2/c1-2-25-12-9-18-14-17(15-23-21(18)25)13-16-5-4-10-26(11-8-16)22(28)19-6-3-7-20(27)24-19/h3,6-7,9,12,14-16H,2,4-5,8,10-11,13H2,1H3,(H,24,27). The minimum absolute atomic E-state index is 0.0812. The molecule has 28 heavy (non-hydrogen) atoms. The Morgan fingerprint density at radius 1 is 1.25 bits per heavy atom. The molecule has 1 unspecified atom stereocenters. The average Bonchev–Trinajstić information content (AvgIpc) is 2.97. The number of fused-ring (bicyclic) bond motifs is 1. The third-order valence-corrected chi connectivity index (χ3v) is 5.66. The lowest BCUT2D eigenvalue weighted by molar-refractivity contribution is 0.0754. The number of carbonyl (C=O) groups excluding carboxylic acids is 1. The molecule has 3 aromatic heterocycles. The second kappa shape index (κ2) is 8.00. The quantitative estimate of drug-likeness (QED) is 0.758. The van der Waals surface area contributed by atoms with Crippen molar-refractivity contribution in [2.75, 3.05) is 13.1 Å². The van der Waals surface area contributed by atoms with Crippen molar-refractivity contribution < 1.29 is 4.79 Å². The molecule has 1 N–H and O–H groups in total. The van der Waals surface area contributed by atoms with Crippen LogP contribution in [-0.4, -0.2) is 38.4 Å². The highest BCUT2D eigenvalue weighted by Crippen LogP contribution is 2.24. The number of likely N-dealkylation sites (tertiary alicyclic amines) is 1.